The first-order chi connectivity index (χ1) is 31.0. The van der Waals surface area contributed by atoms with Gasteiger partial charge in [-0.05, 0) is 78.1 Å². The maximum Gasteiger partial charge on any atom is 0.407 e. The fraction of sp³-hybridized carbons (Fsp3) is 0.388. The van der Waals surface area contributed by atoms with Crippen LogP contribution in [0.15, 0.2) is 97.1 Å². The highest BCUT2D eigenvalue weighted by atomic mass is 16.6. The summed E-state index contributed by atoms with van der Waals surface area (Å²) in [5.41, 5.74) is 8.81. The van der Waals surface area contributed by atoms with E-state index in [-0.39, 0.29) is 49.6 Å². The van der Waals surface area contributed by atoms with Crippen LogP contribution in [0.1, 0.15) is 80.5 Å². The molecule has 15 heteroatoms. The lowest BCUT2D eigenvalue weighted by Gasteiger charge is -2.18. The lowest BCUT2D eigenvalue weighted by molar-refractivity contribution is -0.141. The second-order valence-electron chi connectivity index (χ2n) is 15.2. The van der Waals surface area contributed by atoms with Crippen LogP contribution in [0.3, 0.4) is 0 Å². The van der Waals surface area contributed by atoms with Crippen LogP contribution in [0.25, 0.3) is 22.3 Å². The van der Waals surface area contributed by atoms with Crippen molar-refractivity contribution in [3.8, 4) is 22.3 Å². The number of aliphatic carboxylic acids is 1. The SMILES string of the molecule is CCOCCCNC(=O)CC(NC(=O)OCC1c2ccccc2-c2ccccc21)C(=O)O.CCOCCCNC(=O)CC(NC(=O)OCC1c2ccccc2-c2ccccc21)C(C)=O. The van der Waals surface area contributed by atoms with Gasteiger partial charge >= 0.3 is 18.2 Å². The predicted molar refractivity (Wildman–Crippen MR) is 240 cm³/mol. The average molecular weight is 879 g/mol. The Bertz CT molecular complexity index is 1980. The van der Waals surface area contributed by atoms with Gasteiger partial charge in [-0.15, -0.1) is 0 Å². The summed E-state index contributed by atoms with van der Waals surface area (Å²) in [6.45, 7) is 8.47. The Morgan fingerprint density at radius 2 is 0.891 bits per heavy atom. The number of carboxylic acids is 1. The van der Waals surface area contributed by atoms with Crippen molar-refractivity contribution in [3.63, 3.8) is 0 Å². The Balaban J connectivity index is 0.000000241. The Kier molecular flexibility index (Phi) is 18.9. The molecule has 2 atom stereocenters. The van der Waals surface area contributed by atoms with E-state index >= 15 is 0 Å². The van der Waals surface area contributed by atoms with Crippen LogP contribution in [0.5, 0.6) is 0 Å². The van der Waals surface area contributed by atoms with Crippen molar-refractivity contribution in [3.05, 3.63) is 119 Å². The van der Waals surface area contributed by atoms with Gasteiger partial charge in [0.15, 0.2) is 5.78 Å². The first kappa shape index (κ1) is 48.5. The molecule has 4 aromatic rings. The second kappa shape index (κ2) is 24.9. The van der Waals surface area contributed by atoms with Gasteiger partial charge < -0.3 is 45.3 Å². The van der Waals surface area contributed by atoms with Crippen molar-refractivity contribution in [2.75, 3.05) is 52.7 Å². The van der Waals surface area contributed by atoms with Gasteiger partial charge in [-0.1, -0.05) is 97.1 Å². The molecule has 64 heavy (non-hydrogen) atoms. The van der Waals surface area contributed by atoms with E-state index in [1.807, 2.05) is 98.8 Å². The van der Waals surface area contributed by atoms with E-state index in [0.717, 1.165) is 44.5 Å². The summed E-state index contributed by atoms with van der Waals surface area (Å²) < 4.78 is 21.2. The van der Waals surface area contributed by atoms with Crippen LogP contribution in [-0.4, -0.2) is 106 Å². The summed E-state index contributed by atoms with van der Waals surface area (Å²) in [4.78, 5) is 72.3. The highest BCUT2D eigenvalue weighted by Gasteiger charge is 2.32. The number of carbonyl (C=O) groups excluding carboxylic acids is 5. The van der Waals surface area contributed by atoms with Gasteiger partial charge in [-0.3, -0.25) is 14.4 Å². The number of rotatable bonds is 22. The minimum atomic E-state index is -1.38. The molecule has 0 fully saturated rings. The number of benzene rings is 4. The van der Waals surface area contributed by atoms with Gasteiger partial charge in [0.05, 0.1) is 18.9 Å². The number of alkyl carbamates (subject to hydrolysis) is 2. The molecule has 0 saturated heterocycles. The van der Waals surface area contributed by atoms with Gasteiger partial charge in [-0.25, -0.2) is 14.4 Å². The van der Waals surface area contributed by atoms with Crippen molar-refractivity contribution in [1.29, 1.82) is 0 Å². The van der Waals surface area contributed by atoms with E-state index in [9.17, 15) is 33.9 Å². The first-order valence-electron chi connectivity index (χ1n) is 21.7. The normalized spacial score (nSPS) is 13.0. The molecule has 0 aliphatic heterocycles. The molecule has 4 amide bonds. The van der Waals surface area contributed by atoms with Crippen LogP contribution in [0.4, 0.5) is 9.59 Å². The van der Waals surface area contributed by atoms with Crippen LogP contribution in [0, 0.1) is 0 Å². The third-order valence-electron chi connectivity index (χ3n) is 10.8. The summed E-state index contributed by atoms with van der Waals surface area (Å²) in [7, 11) is 0. The molecule has 4 aromatic carbocycles. The highest BCUT2D eigenvalue weighted by molar-refractivity contribution is 5.91. The molecule has 340 valence electrons. The van der Waals surface area contributed by atoms with E-state index in [4.69, 9.17) is 18.9 Å². The van der Waals surface area contributed by atoms with Crippen molar-refractivity contribution in [1.82, 2.24) is 21.3 Å². The predicted octanol–water partition coefficient (Wildman–Crippen LogP) is 6.33. The molecular formula is C49H58N4O11. The largest absolute Gasteiger partial charge is 0.480 e. The molecule has 2 aliphatic carbocycles. The van der Waals surface area contributed by atoms with Crippen molar-refractivity contribution < 1.29 is 52.8 Å². The van der Waals surface area contributed by atoms with E-state index in [2.05, 4.69) is 33.4 Å². The molecule has 15 nitrogen and oxygen atoms in total. The minimum absolute atomic E-state index is 0.0653. The number of carboxylic acid groups (broad SMARTS) is 1. The van der Waals surface area contributed by atoms with E-state index in [1.54, 1.807) is 0 Å². The average Bonchev–Trinajstić information content (AvgIpc) is 3.79. The second-order valence-corrected chi connectivity index (χ2v) is 15.2. The zero-order chi connectivity index (χ0) is 45.8. The molecule has 5 N–H and O–H groups in total. The zero-order valence-electron chi connectivity index (χ0n) is 36.6. The molecule has 2 unspecified atom stereocenters. The topological polar surface area (TPSA) is 208 Å². The smallest absolute Gasteiger partial charge is 0.407 e. The standard InChI is InChI=1S/C25H30N2O5.C24H28N2O6/c1-3-31-14-8-13-26-24(29)15-23(17(2)28)27-25(30)32-16-22-20-11-6-4-9-18(20)19-10-5-7-12-21(19)22;1-2-31-13-7-12-25-22(27)14-21(23(28)29)26-24(30)32-15-20-18-10-5-3-8-16(18)17-9-4-6-11-19(17)20/h4-7,9-12,22-23H,3,8,13-16H2,1-2H3,(H,26,29)(H,27,30);3-6,8-11,20-21H,2,7,12-15H2,1H3,(H,25,27)(H,26,30)(H,28,29). The van der Waals surface area contributed by atoms with Gasteiger partial charge in [0, 0.05) is 51.4 Å². The lowest BCUT2D eigenvalue weighted by atomic mass is 9.98. The Hall–Kier alpha value is -6.58. The fourth-order valence-electron chi connectivity index (χ4n) is 7.67. The minimum Gasteiger partial charge on any atom is -0.480 e. The number of ketones is 1. The molecule has 0 aromatic heterocycles. The van der Waals surface area contributed by atoms with Crippen LogP contribution in [-0.2, 0) is 38.1 Å². The van der Waals surface area contributed by atoms with Gasteiger partial charge in [0.1, 0.15) is 19.3 Å². The highest BCUT2D eigenvalue weighted by Crippen LogP contribution is 2.45. The molecule has 0 bridgehead atoms. The molecule has 0 heterocycles. The summed E-state index contributed by atoms with van der Waals surface area (Å²) in [5.74, 6) is -2.58. The van der Waals surface area contributed by atoms with E-state index in [1.165, 1.54) is 6.92 Å². The monoisotopic (exact) mass is 878 g/mol. The van der Waals surface area contributed by atoms with Gasteiger partial charge in [0.2, 0.25) is 11.8 Å². The number of nitrogens with one attached hydrogen (secondary N) is 4. The van der Waals surface area contributed by atoms with Crippen molar-refractivity contribution in [2.45, 2.75) is 70.4 Å². The van der Waals surface area contributed by atoms with Crippen LogP contribution in [0.2, 0.25) is 0 Å². The number of carbonyl (C=O) groups is 6. The molecule has 2 aliphatic rings. The summed E-state index contributed by atoms with van der Waals surface area (Å²) in [5, 5.41) is 19.6. The van der Waals surface area contributed by atoms with Gasteiger partial charge in [0.25, 0.3) is 0 Å². The number of hydrogen-bond acceptors (Lipinski definition) is 10. The van der Waals surface area contributed by atoms with E-state index < -0.39 is 36.1 Å². The third kappa shape index (κ3) is 13.7. The van der Waals surface area contributed by atoms with Crippen molar-refractivity contribution >= 4 is 35.8 Å². The summed E-state index contributed by atoms with van der Waals surface area (Å²) >= 11 is 0. The number of hydrogen-bond donors (Lipinski definition) is 5. The van der Waals surface area contributed by atoms with E-state index in [0.29, 0.717) is 52.4 Å². The third-order valence-corrected chi connectivity index (χ3v) is 10.8. The zero-order valence-corrected chi connectivity index (χ0v) is 36.6. The van der Waals surface area contributed by atoms with Crippen LogP contribution >= 0.6 is 0 Å². The number of amides is 4. The quantitative estimate of drug-likeness (QED) is 0.0552. The lowest BCUT2D eigenvalue weighted by Crippen LogP contribution is -2.44. The molecule has 0 saturated carbocycles. The fourth-order valence-corrected chi connectivity index (χ4v) is 7.67. The first-order valence-corrected chi connectivity index (χ1v) is 21.7. The Morgan fingerprint density at radius 1 is 0.547 bits per heavy atom. The maximum atomic E-state index is 12.4. The summed E-state index contributed by atoms with van der Waals surface area (Å²) in [6.07, 6.45) is -0.788. The molecular weight excluding hydrogens is 821 g/mol. The van der Waals surface area contributed by atoms with Crippen LogP contribution < -0.4 is 21.3 Å². The van der Waals surface area contributed by atoms with Crippen molar-refractivity contribution in [2.24, 2.45) is 0 Å². The number of fused-ring (bicyclic) bond motifs is 6. The molecule has 0 radical (unpaired) electrons. The maximum absolute atomic E-state index is 12.4. The Labute approximate surface area is 373 Å². The Morgan fingerprint density at radius 3 is 1.23 bits per heavy atom. The summed E-state index contributed by atoms with van der Waals surface area (Å²) in [6, 6.07) is 29.7. The van der Waals surface area contributed by atoms with Gasteiger partial charge in [-0.2, -0.15) is 0 Å². The number of Topliss-reactive ketones (excluding diaryl/α,β-unsaturated/α-hetero) is 1. The molecule has 6 rings (SSSR count). The molecule has 0 spiro atoms. The number of ether oxygens (including phenoxy) is 4.